The lowest BCUT2D eigenvalue weighted by molar-refractivity contribution is -0.385. The average molecular weight is 361 g/mol. The van der Waals surface area contributed by atoms with E-state index in [1.54, 1.807) is 18.2 Å². The standard InChI is InChI=1S/C15H11N3O6S/c1-24-15(19)10-4-2-3-5-12(10)16-14-11-7-6-9(18(20)21)8-13(11)25(22,23)17-14/h2-8H,1H3,(H,16,17). The first-order valence-corrected chi connectivity index (χ1v) is 8.35. The number of para-hydroxylation sites is 1. The zero-order valence-corrected chi connectivity index (χ0v) is 13.6. The maximum absolute atomic E-state index is 12.2. The summed E-state index contributed by atoms with van der Waals surface area (Å²) >= 11 is 0. The molecule has 0 aliphatic carbocycles. The van der Waals surface area contributed by atoms with Crippen molar-refractivity contribution in [3.05, 3.63) is 63.7 Å². The van der Waals surface area contributed by atoms with E-state index in [1.807, 2.05) is 0 Å². The number of benzene rings is 2. The first kappa shape index (κ1) is 16.6. The predicted octanol–water partition coefficient (Wildman–Crippen LogP) is 1.94. The fourth-order valence-corrected chi connectivity index (χ4v) is 3.54. The number of hydrogen-bond donors (Lipinski definition) is 1. The highest BCUT2D eigenvalue weighted by Gasteiger charge is 2.31. The summed E-state index contributed by atoms with van der Waals surface area (Å²) in [4.78, 5) is 21.7. The number of esters is 1. The van der Waals surface area contributed by atoms with Crippen LogP contribution in [0.15, 0.2) is 51.8 Å². The van der Waals surface area contributed by atoms with Crippen LogP contribution in [0, 0.1) is 10.1 Å². The van der Waals surface area contributed by atoms with Crippen molar-refractivity contribution >= 4 is 33.2 Å². The molecule has 2 aromatic rings. The van der Waals surface area contributed by atoms with Crippen LogP contribution >= 0.6 is 0 Å². The van der Waals surface area contributed by atoms with Crippen LogP contribution in [-0.2, 0) is 14.8 Å². The molecule has 0 fully saturated rings. The summed E-state index contributed by atoms with van der Waals surface area (Å²) in [6, 6.07) is 9.78. The Labute approximate surface area is 142 Å². The molecule has 0 unspecified atom stereocenters. The molecule has 10 heteroatoms. The van der Waals surface area contributed by atoms with Gasteiger partial charge in [0.05, 0.1) is 23.3 Å². The number of fused-ring (bicyclic) bond motifs is 1. The number of nitrogens with zero attached hydrogens (tertiary/aromatic N) is 2. The van der Waals surface area contributed by atoms with E-state index >= 15 is 0 Å². The number of amidine groups is 1. The summed E-state index contributed by atoms with van der Waals surface area (Å²) in [5.41, 5.74) is 0.328. The number of anilines is 1. The van der Waals surface area contributed by atoms with Gasteiger partial charge in [0.15, 0.2) is 5.84 Å². The van der Waals surface area contributed by atoms with Gasteiger partial charge < -0.3 is 10.1 Å². The van der Waals surface area contributed by atoms with Crippen LogP contribution in [0.3, 0.4) is 0 Å². The molecule has 3 rings (SSSR count). The van der Waals surface area contributed by atoms with Crippen LogP contribution in [0.2, 0.25) is 0 Å². The van der Waals surface area contributed by atoms with Crippen molar-refractivity contribution < 1.29 is 22.9 Å². The number of methoxy groups -OCH3 is 1. The molecule has 1 aliphatic rings. The summed E-state index contributed by atoms with van der Waals surface area (Å²) in [5, 5.41) is 13.6. The predicted molar refractivity (Wildman–Crippen MR) is 88.2 cm³/mol. The minimum absolute atomic E-state index is 0.0266. The van der Waals surface area contributed by atoms with Crippen LogP contribution in [0.25, 0.3) is 0 Å². The average Bonchev–Trinajstić information content (AvgIpc) is 2.84. The summed E-state index contributed by atoms with van der Waals surface area (Å²) in [6.45, 7) is 0. The Morgan fingerprint density at radius 3 is 2.64 bits per heavy atom. The van der Waals surface area contributed by atoms with Crippen LogP contribution in [0.1, 0.15) is 15.9 Å². The molecule has 0 saturated heterocycles. The molecule has 0 saturated carbocycles. The monoisotopic (exact) mass is 361 g/mol. The molecule has 0 aromatic heterocycles. The third kappa shape index (κ3) is 2.94. The highest BCUT2D eigenvalue weighted by Crippen LogP contribution is 2.31. The third-order valence-electron chi connectivity index (χ3n) is 3.51. The highest BCUT2D eigenvalue weighted by molar-refractivity contribution is 7.90. The fourth-order valence-electron chi connectivity index (χ4n) is 2.35. The number of hydrogen-bond acceptors (Lipinski definition) is 7. The number of nitro benzene ring substituents is 1. The molecule has 128 valence electrons. The Bertz CT molecular complexity index is 1030. The highest BCUT2D eigenvalue weighted by atomic mass is 32.2. The molecule has 0 amide bonds. The Morgan fingerprint density at radius 2 is 1.96 bits per heavy atom. The van der Waals surface area contributed by atoms with Crippen molar-refractivity contribution in [2.24, 2.45) is 4.40 Å². The molecule has 1 aliphatic heterocycles. The third-order valence-corrected chi connectivity index (χ3v) is 4.82. The van der Waals surface area contributed by atoms with E-state index in [9.17, 15) is 23.3 Å². The smallest absolute Gasteiger partial charge is 0.339 e. The molecule has 25 heavy (non-hydrogen) atoms. The van der Waals surface area contributed by atoms with Gasteiger partial charge in [0.1, 0.15) is 4.90 Å². The van der Waals surface area contributed by atoms with Gasteiger partial charge in [-0.2, -0.15) is 8.42 Å². The van der Waals surface area contributed by atoms with Crippen molar-refractivity contribution in [2.75, 3.05) is 12.4 Å². The molecular weight excluding hydrogens is 350 g/mol. The van der Waals surface area contributed by atoms with E-state index in [0.717, 1.165) is 6.07 Å². The second-order valence-electron chi connectivity index (χ2n) is 5.01. The van der Waals surface area contributed by atoms with Crippen molar-refractivity contribution in [1.29, 1.82) is 0 Å². The maximum atomic E-state index is 12.2. The summed E-state index contributed by atoms with van der Waals surface area (Å²) < 4.78 is 32.6. The Kier molecular flexibility index (Phi) is 3.97. The molecule has 1 N–H and O–H groups in total. The van der Waals surface area contributed by atoms with Gasteiger partial charge in [0.25, 0.3) is 15.7 Å². The van der Waals surface area contributed by atoms with Crippen molar-refractivity contribution in [1.82, 2.24) is 0 Å². The summed E-state index contributed by atoms with van der Waals surface area (Å²) in [5.74, 6) is -0.630. The minimum atomic E-state index is -4.06. The molecule has 0 bridgehead atoms. The largest absolute Gasteiger partial charge is 0.465 e. The first-order valence-electron chi connectivity index (χ1n) is 6.91. The van der Waals surface area contributed by atoms with Gasteiger partial charge in [-0.15, -0.1) is 4.40 Å². The van der Waals surface area contributed by atoms with Crippen LogP contribution in [0.5, 0.6) is 0 Å². The first-order chi connectivity index (χ1) is 11.8. The number of sulfonamides is 1. The van der Waals surface area contributed by atoms with E-state index in [-0.39, 0.29) is 27.5 Å². The van der Waals surface area contributed by atoms with E-state index in [4.69, 9.17) is 0 Å². The Hall–Kier alpha value is -3.27. The quantitative estimate of drug-likeness (QED) is 0.502. The molecule has 0 atom stereocenters. The van der Waals surface area contributed by atoms with Gasteiger partial charge >= 0.3 is 5.97 Å². The van der Waals surface area contributed by atoms with Crippen LogP contribution in [-0.4, -0.2) is 32.3 Å². The number of non-ortho nitro benzene ring substituents is 1. The maximum Gasteiger partial charge on any atom is 0.339 e. The molecule has 9 nitrogen and oxygen atoms in total. The lowest BCUT2D eigenvalue weighted by Gasteiger charge is -2.10. The number of ether oxygens (including phenoxy) is 1. The molecular formula is C15H11N3O6S. The fraction of sp³-hybridized carbons (Fsp3) is 0.0667. The van der Waals surface area contributed by atoms with Gasteiger partial charge in [-0.3, -0.25) is 10.1 Å². The van der Waals surface area contributed by atoms with Crippen LogP contribution < -0.4 is 5.32 Å². The summed E-state index contributed by atoms with van der Waals surface area (Å²) in [7, 11) is -2.84. The number of rotatable bonds is 3. The molecule has 0 spiro atoms. The van der Waals surface area contributed by atoms with E-state index in [1.165, 1.54) is 25.3 Å². The number of nitro groups is 1. The van der Waals surface area contributed by atoms with Crippen molar-refractivity contribution in [2.45, 2.75) is 4.90 Å². The number of carbonyl (C=O) groups is 1. The normalized spacial score (nSPS) is 14.4. The SMILES string of the molecule is COC(=O)c1ccccc1NC1=NS(=O)(=O)c2cc([N+](=O)[O-])ccc21. The Morgan fingerprint density at radius 1 is 1.24 bits per heavy atom. The zero-order valence-electron chi connectivity index (χ0n) is 12.8. The zero-order chi connectivity index (χ0) is 18.2. The molecule has 0 radical (unpaired) electrons. The van der Waals surface area contributed by atoms with Gasteiger partial charge in [-0.25, -0.2) is 4.79 Å². The topological polar surface area (TPSA) is 128 Å². The second-order valence-corrected chi connectivity index (χ2v) is 6.59. The van der Waals surface area contributed by atoms with E-state index < -0.39 is 20.9 Å². The Balaban J connectivity index is 2.05. The van der Waals surface area contributed by atoms with Gasteiger partial charge in [-0.05, 0) is 18.2 Å². The number of carbonyl (C=O) groups excluding carboxylic acids is 1. The second kappa shape index (κ2) is 5.98. The van der Waals surface area contributed by atoms with Crippen molar-refractivity contribution in [3.63, 3.8) is 0 Å². The van der Waals surface area contributed by atoms with Gasteiger partial charge in [0.2, 0.25) is 0 Å². The molecule has 1 heterocycles. The van der Waals surface area contributed by atoms with Crippen molar-refractivity contribution in [3.8, 4) is 0 Å². The van der Waals surface area contributed by atoms with Crippen LogP contribution in [0.4, 0.5) is 11.4 Å². The number of nitrogens with one attached hydrogen (secondary N) is 1. The van der Waals surface area contributed by atoms with E-state index in [0.29, 0.717) is 5.69 Å². The lowest BCUT2D eigenvalue weighted by Crippen LogP contribution is -2.15. The summed E-state index contributed by atoms with van der Waals surface area (Å²) in [6.07, 6.45) is 0. The lowest BCUT2D eigenvalue weighted by atomic mass is 10.1. The minimum Gasteiger partial charge on any atom is -0.465 e. The molecule has 2 aromatic carbocycles. The van der Waals surface area contributed by atoms with E-state index in [2.05, 4.69) is 14.5 Å². The van der Waals surface area contributed by atoms with Gasteiger partial charge in [-0.1, -0.05) is 12.1 Å². The van der Waals surface area contributed by atoms with Gasteiger partial charge in [0, 0.05) is 17.7 Å².